The second-order valence-corrected chi connectivity index (χ2v) is 4.27. The van der Waals surface area contributed by atoms with Gasteiger partial charge < -0.3 is 0 Å². The van der Waals surface area contributed by atoms with Gasteiger partial charge in [-0.25, -0.2) is 9.97 Å². The molecule has 70 valence electrons. The summed E-state index contributed by atoms with van der Waals surface area (Å²) in [4.78, 5) is 8.33. The van der Waals surface area contributed by atoms with Crippen molar-refractivity contribution in [2.45, 2.75) is 6.92 Å². The Hall–Kier alpha value is -0.970. The lowest BCUT2D eigenvalue weighted by atomic mass is 10.1. The number of hydrogen-bond acceptors (Lipinski definition) is 2. The van der Waals surface area contributed by atoms with Crippen LogP contribution in [0.15, 0.2) is 36.7 Å². The van der Waals surface area contributed by atoms with Crippen molar-refractivity contribution in [3.05, 3.63) is 46.1 Å². The van der Waals surface area contributed by atoms with Crippen LogP contribution in [0.4, 0.5) is 0 Å². The summed E-state index contributed by atoms with van der Waals surface area (Å²) in [5.74, 6) is 0.805. The highest BCUT2D eigenvalue weighted by molar-refractivity contribution is 14.1. The van der Waals surface area contributed by atoms with Gasteiger partial charge in [-0.3, -0.25) is 0 Å². The summed E-state index contributed by atoms with van der Waals surface area (Å²) in [6.07, 6.45) is 3.70. The summed E-state index contributed by atoms with van der Waals surface area (Å²) >= 11 is 2.29. The predicted molar refractivity (Wildman–Crippen MR) is 64.9 cm³/mol. The quantitative estimate of drug-likeness (QED) is 0.756. The molecule has 2 rings (SSSR count). The molecule has 14 heavy (non-hydrogen) atoms. The molecular weight excluding hydrogens is 287 g/mol. The van der Waals surface area contributed by atoms with Crippen LogP contribution < -0.4 is 0 Å². The summed E-state index contributed by atoms with van der Waals surface area (Å²) in [5.41, 5.74) is 2.22. The molecule has 0 amide bonds. The molecule has 0 aliphatic heterocycles. The molecular formula is C11H9IN2. The molecule has 0 N–H and O–H groups in total. The maximum absolute atomic E-state index is 4.16. The number of aromatic nitrogens is 2. The van der Waals surface area contributed by atoms with Gasteiger partial charge in [0.25, 0.3) is 0 Å². The highest BCUT2D eigenvalue weighted by atomic mass is 127. The van der Waals surface area contributed by atoms with Crippen LogP contribution in [0.25, 0.3) is 11.1 Å². The highest BCUT2D eigenvalue weighted by Crippen LogP contribution is 2.18. The lowest BCUT2D eigenvalue weighted by Crippen LogP contribution is -1.87. The van der Waals surface area contributed by atoms with E-state index >= 15 is 0 Å². The van der Waals surface area contributed by atoms with Crippen molar-refractivity contribution >= 4 is 22.6 Å². The van der Waals surface area contributed by atoms with Crippen LogP contribution in [0.1, 0.15) is 5.82 Å². The SMILES string of the molecule is Cc1ncc(-c2ccc(I)cc2)cn1. The topological polar surface area (TPSA) is 25.8 Å². The summed E-state index contributed by atoms with van der Waals surface area (Å²) in [6.45, 7) is 1.89. The van der Waals surface area contributed by atoms with E-state index in [0.717, 1.165) is 17.0 Å². The second kappa shape index (κ2) is 4.04. The number of rotatable bonds is 1. The fraction of sp³-hybridized carbons (Fsp3) is 0.0909. The Morgan fingerprint density at radius 1 is 0.929 bits per heavy atom. The van der Waals surface area contributed by atoms with E-state index in [9.17, 15) is 0 Å². The van der Waals surface area contributed by atoms with E-state index in [2.05, 4.69) is 56.8 Å². The zero-order valence-corrected chi connectivity index (χ0v) is 9.89. The van der Waals surface area contributed by atoms with E-state index in [-0.39, 0.29) is 0 Å². The lowest BCUT2D eigenvalue weighted by Gasteiger charge is -2.00. The van der Waals surface area contributed by atoms with E-state index in [1.807, 2.05) is 19.3 Å². The van der Waals surface area contributed by atoms with Crippen molar-refractivity contribution < 1.29 is 0 Å². The van der Waals surface area contributed by atoms with E-state index < -0.39 is 0 Å². The molecule has 0 fully saturated rings. The maximum Gasteiger partial charge on any atom is 0.125 e. The third kappa shape index (κ3) is 2.09. The summed E-state index contributed by atoms with van der Waals surface area (Å²) in [6, 6.07) is 8.32. The van der Waals surface area contributed by atoms with E-state index in [1.54, 1.807) is 0 Å². The predicted octanol–water partition coefficient (Wildman–Crippen LogP) is 3.06. The Labute approximate surface area is 96.6 Å². The Morgan fingerprint density at radius 2 is 1.50 bits per heavy atom. The monoisotopic (exact) mass is 296 g/mol. The van der Waals surface area contributed by atoms with Gasteiger partial charge in [0.05, 0.1) is 0 Å². The highest BCUT2D eigenvalue weighted by Gasteiger charge is 1.97. The van der Waals surface area contributed by atoms with Gasteiger partial charge in [0.15, 0.2) is 0 Å². The Bertz CT molecular complexity index is 377. The smallest absolute Gasteiger partial charge is 0.125 e. The van der Waals surface area contributed by atoms with Crippen LogP contribution in [0, 0.1) is 10.5 Å². The first kappa shape index (κ1) is 9.58. The van der Waals surface area contributed by atoms with Gasteiger partial charge >= 0.3 is 0 Å². The van der Waals surface area contributed by atoms with Crippen LogP contribution >= 0.6 is 22.6 Å². The minimum absolute atomic E-state index is 0.805. The Morgan fingerprint density at radius 3 is 2.07 bits per heavy atom. The molecule has 1 aromatic heterocycles. The molecule has 1 aromatic carbocycles. The largest absolute Gasteiger partial charge is 0.241 e. The maximum atomic E-state index is 4.16. The first-order valence-electron chi connectivity index (χ1n) is 4.30. The molecule has 0 atom stereocenters. The molecule has 1 heterocycles. The van der Waals surface area contributed by atoms with Crippen LogP contribution in [0.2, 0.25) is 0 Å². The molecule has 0 bridgehead atoms. The first-order valence-corrected chi connectivity index (χ1v) is 5.38. The minimum atomic E-state index is 0.805. The molecule has 0 saturated heterocycles. The summed E-state index contributed by atoms with van der Waals surface area (Å²) in [5, 5.41) is 0. The van der Waals surface area contributed by atoms with Gasteiger partial charge in [-0.2, -0.15) is 0 Å². The standard InChI is InChI=1S/C11H9IN2/c1-8-13-6-10(7-14-8)9-2-4-11(12)5-3-9/h2-7H,1H3. The van der Waals surface area contributed by atoms with Crippen molar-refractivity contribution in [1.29, 1.82) is 0 Å². The summed E-state index contributed by atoms with van der Waals surface area (Å²) < 4.78 is 1.24. The molecule has 2 aromatic rings. The third-order valence-corrected chi connectivity index (χ3v) is 2.68. The molecule has 0 radical (unpaired) electrons. The number of halogens is 1. The van der Waals surface area contributed by atoms with Crippen molar-refractivity contribution in [2.75, 3.05) is 0 Å². The zero-order chi connectivity index (χ0) is 9.97. The number of benzene rings is 1. The van der Waals surface area contributed by atoms with Gasteiger partial charge in [0, 0.05) is 21.5 Å². The normalized spacial score (nSPS) is 10.1. The lowest BCUT2D eigenvalue weighted by molar-refractivity contribution is 1.06. The van der Waals surface area contributed by atoms with Crippen molar-refractivity contribution in [3.63, 3.8) is 0 Å². The first-order chi connectivity index (χ1) is 6.75. The Balaban J connectivity index is 2.40. The number of aryl methyl sites for hydroxylation is 1. The minimum Gasteiger partial charge on any atom is -0.241 e. The number of nitrogens with zero attached hydrogens (tertiary/aromatic N) is 2. The van der Waals surface area contributed by atoms with Gasteiger partial charge in [0.2, 0.25) is 0 Å². The van der Waals surface area contributed by atoms with Crippen LogP contribution in [-0.4, -0.2) is 9.97 Å². The van der Waals surface area contributed by atoms with Gasteiger partial charge in [-0.15, -0.1) is 0 Å². The van der Waals surface area contributed by atoms with Crippen LogP contribution in [0.3, 0.4) is 0 Å². The van der Waals surface area contributed by atoms with Crippen molar-refractivity contribution in [2.24, 2.45) is 0 Å². The molecule has 0 aliphatic carbocycles. The fourth-order valence-electron chi connectivity index (χ4n) is 1.18. The average Bonchev–Trinajstić information content (AvgIpc) is 2.21. The fourth-order valence-corrected chi connectivity index (χ4v) is 1.54. The van der Waals surface area contributed by atoms with Gasteiger partial charge in [-0.1, -0.05) is 12.1 Å². The van der Waals surface area contributed by atoms with E-state index in [4.69, 9.17) is 0 Å². The van der Waals surface area contributed by atoms with Crippen LogP contribution in [0.5, 0.6) is 0 Å². The molecule has 2 nitrogen and oxygen atoms in total. The van der Waals surface area contributed by atoms with Crippen molar-refractivity contribution in [3.8, 4) is 11.1 Å². The van der Waals surface area contributed by atoms with Crippen molar-refractivity contribution in [1.82, 2.24) is 9.97 Å². The molecule has 0 spiro atoms. The van der Waals surface area contributed by atoms with Crippen LogP contribution in [-0.2, 0) is 0 Å². The third-order valence-electron chi connectivity index (χ3n) is 1.96. The molecule has 0 aliphatic rings. The molecule has 0 unspecified atom stereocenters. The van der Waals surface area contributed by atoms with E-state index in [0.29, 0.717) is 0 Å². The summed E-state index contributed by atoms with van der Waals surface area (Å²) in [7, 11) is 0. The second-order valence-electron chi connectivity index (χ2n) is 3.03. The number of hydrogen-bond donors (Lipinski definition) is 0. The molecule has 0 saturated carbocycles. The average molecular weight is 296 g/mol. The zero-order valence-electron chi connectivity index (χ0n) is 7.74. The van der Waals surface area contributed by atoms with E-state index in [1.165, 1.54) is 3.57 Å². The van der Waals surface area contributed by atoms with Gasteiger partial charge in [0.1, 0.15) is 5.82 Å². The Kier molecular flexibility index (Phi) is 2.77. The van der Waals surface area contributed by atoms with Gasteiger partial charge in [-0.05, 0) is 47.2 Å². The molecule has 3 heteroatoms.